The summed E-state index contributed by atoms with van der Waals surface area (Å²) in [5.41, 5.74) is 1.57. The largest absolute Gasteiger partial charge is 0.497 e. The fraction of sp³-hybridized carbons (Fsp3) is 0.182. The second-order valence-corrected chi connectivity index (χ2v) is 7.65. The van der Waals surface area contributed by atoms with Gasteiger partial charge in [-0.3, -0.25) is 14.7 Å². The van der Waals surface area contributed by atoms with Crippen LogP contribution in [0.1, 0.15) is 11.5 Å². The highest BCUT2D eigenvalue weighted by molar-refractivity contribution is 7.99. The molecule has 0 saturated carbocycles. The van der Waals surface area contributed by atoms with Crippen LogP contribution in [-0.4, -0.2) is 38.7 Å². The second kappa shape index (κ2) is 10.0. The van der Waals surface area contributed by atoms with Gasteiger partial charge in [-0.15, -0.1) is 10.2 Å². The zero-order valence-electron chi connectivity index (χ0n) is 17.5. The van der Waals surface area contributed by atoms with Crippen LogP contribution in [-0.2, 0) is 11.4 Å². The Hall–Kier alpha value is -3.79. The zero-order valence-corrected chi connectivity index (χ0v) is 18.3. The molecule has 0 aliphatic carbocycles. The van der Waals surface area contributed by atoms with Crippen LogP contribution in [0.3, 0.4) is 0 Å². The van der Waals surface area contributed by atoms with Gasteiger partial charge in [-0.1, -0.05) is 35.1 Å². The Kier molecular flexibility index (Phi) is 6.71. The molecule has 4 aromatic rings. The van der Waals surface area contributed by atoms with Gasteiger partial charge in [-0.2, -0.15) is 0 Å². The van der Waals surface area contributed by atoms with Gasteiger partial charge < -0.3 is 14.0 Å². The third-order valence-electron chi connectivity index (χ3n) is 4.37. The van der Waals surface area contributed by atoms with Gasteiger partial charge in [-0.05, 0) is 43.3 Å². The smallest absolute Gasteiger partial charge is 0.237 e. The molecule has 0 aliphatic rings. The molecule has 0 aliphatic heterocycles. The molecule has 0 atom stereocenters. The molecule has 1 N–H and O–H groups in total. The van der Waals surface area contributed by atoms with E-state index >= 15 is 0 Å². The SMILES string of the molecule is COc1ccc(OCc2nnc(SCC(=O)Nc3cc(C)no3)n2-c2ccccc2)cc1. The lowest BCUT2D eigenvalue weighted by atomic mass is 10.3. The molecule has 2 heterocycles. The van der Waals surface area contributed by atoms with Crippen molar-refractivity contribution in [1.29, 1.82) is 0 Å². The molecule has 32 heavy (non-hydrogen) atoms. The van der Waals surface area contributed by atoms with Gasteiger partial charge in [0.25, 0.3) is 0 Å². The van der Waals surface area contributed by atoms with Crippen molar-refractivity contribution in [2.45, 2.75) is 18.7 Å². The summed E-state index contributed by atoms with van der Waals surface area (Å²) in [6, 6.07) is 18.6. The Morgan fingerprint density at radius 2 is 1.84 bits per heavy atom. The van der Waals surface area contributed by atoms with Crippen molar-refractivity contribution in [3.63, 3.8) is 0 Å². The van der Waals surface area contributed by atoms with Gasteiger partial charge in [0.2, 0.25) is 11.8 Å². The molecule has 2 aromatic carbocycles. The summed E-state index contributed by atoms with van der Waals surface area (Å²) in [4.78, 5) is 12.3. The number of ether oxygens (including phenoxy) is 2. The number of hydrogen-bond acceptors (Lipinski definition) is 8. The number of nitrogens with zero attached hydrogens (tertiary/aromatic N) is 4. The number of thioether (sulfide) groups is 1. The summed E-state index contributed by atoms with van der Waals surface area (Å²) in [5.74, 6) is 2.26. The molecule has 4 rings (SSSR count). The number of hydrogen-bond donors (Lipinski definition) is 1. The molecule has 0 radical (unpaired) electrons. The predicted octanol–water partition coefficient (Wildman–Crippen LogP) is 3.88. The normalized spacial score (nSPS) is 10.7. The number of carbonyl (C=O) groups excluding carboxylic acids is 1. The number of methoxy groups -OCH3 is 1. The molecule has 164 valence electrons. The van der Waals surface area contributed by atoms with Crippen molar-refractivity contribution in [3.05, 3.63) is 72.2 Å². The average molecular weight is 452 g/mol. The van der Waals surface area contributed by atoms with E-state index in [9.17, 15) is 4.79 Å². The maximum atomic E-state index is 12.3. The number of nitrogens with one attached hydrogen (secondary N) is 1. The standard InChI is InChI=1S/C22H21N5O4S/c1-15-12-21(31-26-15)23-20(28)14-32-22-25-24-19(27(22)16-6-4-3-5-7-16)13-30-18-10-8-17(29-2)9-11-18/h3-12H,13-14H2,1-2H3,(H,23,28). The topological polar surface area (TPSA) is 104 Å². The molecule has 1 amide bonds. The minimum Gasteiger partial charge on any atom is -0.497 e. The lowest BCUT2D eigenvalue weighted by Crippen LogP contribution is -2.14. The highest BCUT2D eigenvalue weighted by Gasteiger charge is 2.17. The molecule has 10 heteroatoms. The Morgan fingerprint density at radius 3 is 2.53 bits per heavy atom. The monoisotopic (exact) mass is 451 g/mol. The van der Waals surface area contributed by atoms with Crippen LogP contribution in [0.2, 0.25) is 0 Å². The van der Waals surface area contributed by atoms with Crippen LogP contribution in [0.15, 0.2) is 70.3 Å². The minimum atomic E-state index is -0.232. The second-order valence-electron chi connectivity index (χ2n) is 6.70. The van der Waals surface area contributed by atoms with E-state index < -0.39 is 0 Å². The first-order chi connectivity index (χ1) is 15.6. The van der Waals surface area contributed by atoms with Crippen LogP contribution in [0.25, 0.3) is 5.69 Å². The van der Waals surface area contributed by atoms with E-state index in [2.05, 4.69) is 20.7 Å². The number of benzene rings is 2. The summed E-state index contributed by atoms with van der Waals surface area (Å²) in [5, 5.41) is 15.6. The number of aryl methyl sites for hydroxylation is 1. The van der Waals surface area contributed by atoms with Gasteiger partial charge >= 0.3 is 0 Å². The fourth-order valence-corrected chi connectivity index (χ4v) is 3.64. The Labute approximate surface area is 188 Å². The molecule has 2 aromatic heterocycles. The van der Waals surface area contributed by atoms with E-state index in [1.165, 1.54) is 11.8 Å². The molecule has 9 nitrogen and oxygen atoms in total. The van der Waals surface area contributed by atoms with E-state index in [0.29, 0.717) is 28.3 Å². The third kappa shape index (κ3) is 5.27. The van der Waals surface area contributed by atoms with E-state index in [0.717, 1.165) is 11.4 Å². The van der Waals surface area contributed by atoms with Crippen LogP contribution in [0, 0.1) is 6.92 Å². The summed E-state index contributed by atoms with van der Waals surface area (Å²) in [6.07, 6.45) is 0. The fourth-order valence-electron chi connectivity index (χ4n) is 2.87. The van der Waals surface area contributed by atoms with Crippen molar-refractivity contribution in [2.75, 3.05) is 18.2 Å². The van der Waals surface area contributed by atoms with Gasteiger partial charge in [0.05, 0.1) is 18.6 Å². The van der Waals surface area contributed by atoms with Crippen molar-refractivity contribution in [2.24, 2.45) is 0 Å². The molecule has 0 unspecified atom stereocenters. The molecular formula is C22H21N5O4S. The van der Waals surface area contributed by atoms with Crippen LogP contribution in [0.5, 0.6) is 11.5 Å². The maximum Gasteiger partial charge on any atom is 0.237 e. The van der Waals surface area contributed by atoms with E-state index in [1.54, 1.807) is 20.1 Å². The quantitative estimate of drug-likeness (QED) is 0.382. The lowest BCUT2D eigenvalue weighted by molar-refractivity contribution is -0.113. The van der Waals surface area contributed by atoms with Crippen molar-refractivity contribution >= 4 is 23.6 Å². The first-order valence-electron chi connectivity index (χ1n) is 9.75. The maximum absolute atomic E-state index is 12.3. The predicted molar refractivity (Wildman–Crippen MR) is 119 cm³/mol. The molecule has 0 saturated heterocycles. The van der Waals surface area contributed by atoms with Crippen LogP contribution >= 0.6 is 11.8 Å². The molecule has 0 bridgehead atoms. The number of rotatable bonds is 9. The summed E-state index contributed by atoms with van der Waals surface area (Å²) < 4.78 is 18.0. The number of anilines is 1. The Morgan fingerprint density at radius 1 is 1.09 bits per heavy atom. The highest BCUT2D eigenvalue weighted by Crippen LogP contribution is 2.24. The highest BCUT2D eigenvalue weighted by atomic mass is 32.2. The summed E-state index contributed by atoms with van der Waals surface area (Å²) in [6.45, 7) is 1.99. The third-order valence-corrected chi connectivity index (χ3v) is 5.29. The molecular weight excluding hydrogens is 430 g/mol. The van der Waals surface area contributed by atoms with Crippen molar-refractivity contribution < 1.29 is 18.8 Å². The number of aromatic nitrogens is 4. The molecule has 0 spiro atoms. The van der Waals surface area contributed by atoms with E-state index in [1.807, 2.05) is 59.2 Å². The van der Waals surface area contributed by atoms with Crippen LogP contribution < -0.4 is 14.8 Å². The summed E-state index contributed by atoms with van der Waals surface area (Å²) in [7, 11) is 1.62. The van der Waals surface area contributed by atoms with Gasteiger partial charge in [-0.25, -0.2) is 0 Å². The van der Waals surface area contributed by atoms with Crippen molar-refractivity contribution in [3.8, 4) is 17.2 Å². The van der Waals surface area contributed by atoms with Gasteiger partial charge in [0, 0.05) is 11.8 Å². The first kappa shape index (κ1) is 21.4. The van der Waals surface area contributed by atoms with Crippen molar-refractivity contribution in [1.82, 2.24) is 19.9 Å². The number of carbonyl (C=O) groups is 1. The number of amides is 1. The minimum absolute atomic E-state index is 0.129. The van der Waals surface area contributed by atoms with E-state index in [-0.39, 0.29) is 18.3 Å². The summed E-state index contributed by atoms with van der Waals surface area (Å²) >= 11 is 1.27. The Bertz CT molecular complexity index is 1170. The lowest BCUT2D eigenvalue weighted by Gasteiger charge is -2.11. The van der Waals surface area contributed by atoms with Gasteiger partial charge in [0.1, 0.15) is 18.1 Å². The van der Waals surface area contributed by atoms with Gasteiger partial charge in [0.15, 0.2) is 11.0 Å². The molecule has 0 fully saturated rings. The first-order valence-corrected chi connectivity index (χ1v) is 10.7. The Balaban J connectivity index is 1.48. The average Bonchev–Trinajstić information content (AvgIpc) is 3.42. The number of para-hydroxylation sites is 1. The van der Waals surface area contributed by atoms with E-state index in [4.69, 9.17) is 14.0 Å². The van der Waals surface area contributed by atoms with Crippen LogP contribution in [0.4, 0.5) is 5.88 Å². The zero-order chi connectivity index (χ0) is 22.3.